The predicted octanol–water partition coefficient (Wildman–Crippen LogP) is 1.89. The Balaban J connectivity index is 3.05. The van der Waals surface area contributed by atoms with Crippen LogP contribution in [0.15, 0.2) is 30.3 Å². The van der Waals surface area contributed by atoms with Crippen LogP contribution in [0.2, 0.25) is 0 Å². The van der Waals surface area contributed by atoms with Crippen molar-refractivity contribution in [1.29, 1.82) is 0 Å². The molecule has 15 heavy (non-hydrogen) atoms. The zero-order valence-electron chi connectivity index (χ0n) is 9.36. The first-order chi connectivity index (χ1) is 7.00. The summed E-state index contributed by atoms with van der Waals surface area (Å²) < 4.78 is 5.36. The molecule has 1 aromatic rings. The van der Waals surface area contributed by atoms with E-state index in [9.17, 15) is 4.79 Å². The molecule has 0 spiro atoms. The highest BCUT2D eigenvalue weighted by molar-refractivity contribution is 5.80. The molecule has 3 nitrogen and oxygen atoms in total. The molecule has 0 aliphatic rings. The lowest BCUT2D eigenvalue weighted by Gasteiger charge is -2.30. The van der Waals surface area contributed by atoms with E-state index in [4.69, 9.17) is 10.5 Å². The van der Waals surface area contributed by atoms with Gasteiger partial charge in [-0.1, -0.05) is 30.3 Å². The van der Waals surface area contributed by atoms with Crippen molar-refractivity contribution in [2.75, 3.05) is 7.11 Å². The molecule has 1 amide bonds. The van der Waals surface area contributed by atoms with Gasteiger partial charge in [0.25, 0.3) is 0 Å². The second-order valence-corrected chi connectivity index (χ2v) is 4.11. The minimum atomic E-state index is -0.712. The smallest absolute Gasteiger partial charge is 0.226 e. The second-order valence-electron chi connectivity index (χ2n) is 4.11. The summed E-state index contributed by atoms with van der Waals surface area (Å²) in [4.78, 5) is 11.3. The Morgan fingerprint density at radius 2 is 1.87 bits per heavy atom. The molecular formula is C12H17NO2. The summed E-state index contributed by atoms with van der Waals surface area (Å²) in [5, 5.41) is 0. The Labute approximate surface area is 90.2 Å². The van der Waals surface area contributed by atoms with Crippen LogP contribution in [0.5, 0.6) is 0 Å². The number of carbonyl (C=O) groups excluding carboxylic acids is 1. The van der Waals surface area contributed by atoms with Crippen LogP contribution in [-0.2, 0) is 9.53 Å². The van der Waals surface area contributed by atoms with Crippen LogP contribution in [0.25, 0.3) is 0 Å². The van der Waals surface area contributed by atoms with E-state index in [0.717, 1.165) is 5.56 Å². The summed E-state index contributed by atoms with van der Waals surface area (Å²) in [6.45, 7) is 3.58. The molecule has 0 radical (unpaired) electrons. The lowest BCUT2D eigenvalue weighted by Crippen LogP contribution is -2.37. The van der Waals surface area contributed by atoms with E-state index in [1.165, 1.54) is 0 Å². The van der Waals surface area contributed by atoms with Gasteiger partial charge in [0.15, 0.2) is 0 Å². The van der Waals surface area contributed by atoms with Crippen LogP contribution in [0.1, 0.15) is 25.5 Å². The monoisotopic (exact) mass is 207 g/mol. The summed E-state index contributed by atoms with van der Waals surface area (Å²) in [7, 11) is 1.59. The number of hydrogen-bond acceptors (Lipinski definition) is 2. The number of benzene rings is 1. The van der Waals surface area contributed by atoms with E-state index in [2.05, 4.69) is 0 Å². The maximum absolute atomic E-state index is 11.3. The zero-order chi connectivity index (χ0) is 11.5. The van der Waals surface area contributed by atoms with Crippen LogP contribution in [-0.4, -0.2) is 13.0 Å². The fraction of sp³-hybridized carbons (Fsp3) is 0.417. The summed E-state index contributed by atoms with van der Waals surface area (Å²) in [6, 6.07) is 9.61. The van der Waals surface area contributed by atoms with Crippen LogP contribution in [0, 0.1) is 5.41 Å². The van der Waals surface area contributed by atoms with E-state index < -0.39 is 5.41 Å². The molecule has 82 valence electrons. The van der Waals surface area contributed by atoms with Crippen LogP contribution in [0.3, 0.4) is 0 Å². The van der Waals surface area contributed by atoms with Gasteiger partial charge < -0.3 is 10.5 Å². The largest absolute Gasteiger partial charge is 0.376 e. The topological polar surface area (TPSA) is 52.3 Å². The first-order valence-electron chi connectivity index (χ1n) is 4.87. The lowest BCUT2D eigenvalue weighted by molar-refractivity contribution is -0.133. The fourth-order valence-corrected chi connectivity index (χ4v) is 1.60. The molecule has 0 saturated heterocycles. The van der Waals surface area contributed by atoms with E-state index in [0.29, 0.717) is 0 Å². The average molecular weight is 207 g/mol. The Kier molecular flexibility index (Phi) is 3.48. The second kappa shape index (κ2) is 4.45. The van der Waals surface area contributed by atoms with Gasteiger partial charge in [-0.3, -0.25) is 4.79 Å². The van der Waals surface area contributed by atoms with Gasteiger partial charge in [-0.25, -0.2) is 0 Å². The number of carbonyl (C=O) groups is 1. The van der Waals surface area contributed by atoms with Crippen LogP contribution >= 0.6 is 0 Å². The molecule has 1 unspecified atom stereocenters. The number of nitrogens with two attached hydrogens (primary N) is 1. The van der Waals surface area contributed by atoms with Crippen molar-refractivity contribution in [2.24, 2.45) is 11.1 Å². The van der Waals surface area contributed by atoms with Gasteiger partial charge >= 0.3 is 0 Å². The minimum Gasteiger partial charge on any atom is -0.376 e. The summed E-state index contributed by atoms with van der Waals surface area (Å²) in [5.41, 5.74) is 5.61. The van der Waals surface area contributed by atoms with E-state index in [1.807, 2.05) is 30.3 Å². The zero-order valence-corrected chi connectivity index (χ0v) is 9.36. The Morgan fingerprint density at radius 1 is 1.33 bits per heavy atom. The van der Waals surface area contributed by atoms with Crippen LogP contribution in [0.4, 0.5) is 0 Å². The SMILES string of the molecule is COC(c1ccccc1)C(C)(C)C(N)=O. The molecule has 0 heterocycles. The standard InChI is InChI=1S/C12H17NO2/c1-12(2,11(13)14)10(15-3)9-7-5-4-6-8-9/h4-8,10H,1-3H3,(H2,13,14). The van der Waals surface area contributed by atoms with Gasteiger partial charge in [-0.05, 0) is 19.4 Å². The maximum atomic E-state index is 11.3. The van der Waals surface area contributed by atoms with E-state index in [1.54, 1.807) is 21.0 Å². The van der Waals surface area contributed by atoms with Crippen molar-refractivity contribution in [3.05, 3.63) is 35.9 Å². The fourth-order valence-electron chi connectivity index (χ4n) is 1.60. The molecule has 0 aliphatic carbocycles. The third-order valence-corrected chi connectivity index (χ3v) is 2.63. The van der Waals surface area contributed by atoms with Gasteiger partial charge in [0.2, 0.25) is 5.91 Å². The van der Waals surface area contributed by atoms with E-state index >= 15 is 0 Å². The van der Waals surface area contributed by atoms with Crippen molar-refractivity contribution in [2.45, 2.75) is 20.0 Å². The molecule has 0 saturated carbocycles. The van der Waals surface area contributed by atoms with Crippen molar-refractivity contribution >= 4 is 5.91 Å². The Hall–Kier alpha value is -1.35. The molecule has 0 bridgehead atoms. The predicted molar refractivity (Wildman–Crippen MR) is 59.2 cm³/mol. The molecule has 0 fully saturated rings. The van der Waals surface area contributed by atoms with Gasteiger partial charge in [-0.15, -0.1) is 0 Å². The third kappa shape index (κ3) is 2.36. The van der Waals surface area contributed by atoms with E-state index in [-0.39, 0.29) is 12.0 Å². The third-order valence-electron chi connectivity index (χ3n) is 2.63. The molecule has 2 N–H and O–H groups in total. The van der Waals surface area contributed by atoms with Crippen molar-refractivity contribution in [3.8, 4) is 0 Å². The van der Waals surface area contributed by atoms with Gasteiger partial charge in [0.05, 0.1) is 11.5 Å². The number of rotatable bonds is 4. The molecule has 1 rings (SSSR count). The highest BCUT2D eigenvalue weighted by atomic mass is 16.5. The molecule has 0 aliphatic heterocycles. The number of ether oxygens (including phenoxy) is 1. The molecule has 3 heteroatoms. The normalized spacial score (nSPS) is 13.5. The lowest BCUT2D eigenvalue weighted by atomic mass is 9.82. The van der Waals surface area contributed by atoms with Gasteiger partial charge in [0.1, 0.15) is 0 Å². The first-order valence-corrected chi connectivity index (χ1v) is 4.87. The molecule has 0 aromatic heterocycles. The quantitative estimate of drug-likeness (QED) is 0.819. The van der Waals surface area contributed by atoms with Gasteiger partial charge in [-0.2, -0.15) is 0 Å². The van der Waals surface area contributed by atoms with Crippen LogP contribution < -0.4 is 5.73 Å². The van der Waals surface area contributed by atoms with Crippen molar-refractivity contribution in [3.63, 3.8) is 0 Å². The highest BCUT2D eigenvalue weighted by Gasteiger charge is 2.36. The number of hydrogen-bond donors (Lipinski definition) is 1. The van der Waals surface area contributed by atoms with Crippen molar-refractivity contribution < 1.29 is 9.53 Å². The summed E-state index contributed by atoms with van der Waals surface area (Å²) in [6.07, 6.45) is -0.309. The number of primary amides is 1. The number of methoxy groups -OCH3 is 1. The summed E-state index contributed by atoms with van der Waals surface area (Å²) >= 11 is 0. The maximum Gasteiger partial charge on any atom is 0.226 e. The van der Waals surface area contributed by atoms with Crippen molar-refractivity contribution in [1.82, 2.24) is 0 Å². The molecule has 1 aromatic carbocycles. The number of amides is 1. The highest BCUT2D eigenvalue weighted by Crippen LogP contribution is 2.35. The Morgan fingerprint density at radius 3 is 2.27 bits per heavy atom. The Bertz CT molecular complexity index is 333. The van der Waals surface area contributed by atoms with Gasteiger partial charge in [0, 0.05) is 7.11 Å². The molecular weight excluding hydrogens is 190 g/mol. The summed E-state index contributed by atoms with van der Waals surface area (Å²) in [5.74, 6) is -0.363. The molecule has 1 atom stereocenters. The first kappa shape index (κ1) is 11.7. The minimum absolute atomic E-state index is 0.309. The average Bonchev–Trinajstić information content (AvgIpc) is 2.19.